The van der Waals surface area contributed by atoms with Gasteiger partial charge in [0.15, 0.2) is 0 Å². The molecule has 1 N–H and O–H groups in total. The zero-order valence-electron chi connectivity index (χ0n) is 9.48. The van der Waals surface area contributed by atoms with E-state index in [9.17, 15) is 4.79 Å². The number of unbranched alkanes of at least 4 members (excludes halogenated alkanes) is 3. The van der Waals surface area contributed by atoms with Gasteiger partial charge in [0.1, 0.15) is 0 Å². The number of carboxylic acid groups (broad SMARTS) is 1. The quantitative estimate of drug-likeness (QED) is 0.560. The molecular weight excluding hydrogens is 200 g/mol. The van der Waals surface area contributed by atoms with Gasteiger partial charge in [-0.25, -0.2) is 4.79 Å². The number of hydrogen-bond donors (Lipinski definition) is 1. The van der Waals surface area contributed by atoms with Crippen LogP contribution < -0.4 is 0 Å². The molecule has 0 heterocycles. The van der Waals surface area contributed by atoms with E-state index < -0.39 is 5.97 Å². The highest BCUT2D eigenvalue weighted by molar-refractivity contribution is 5.87. The van der Waals surface area contributed by atoms with Crippen LogP contribution in [0.5, 0.6) is 0 Å². The molecular formula is C14H18O2. The first-order valence-corrected chi connectivity index (χ1v) is 5.67. The van der Waals surface area contributed by atoms with Gasteiger partial charge in [-0.3, -0.25) is 0 Å². The molecule has 0 saturated carbocycles. The highest BCUT2D eigenvalue weighted by atomic mass is 16.4. The van der Waals surface area contributed by atoms with E-state index in [1.54, 1.807) is 12.1 Å². The van der Waals surface area contributed by atoms with Crippen molar-refractivity contribution in [3.8, 4) is 0 Å². The van der Waals surface area contributed by atoms with Crippen molar-refractivity contribution in [2.45, 2.75) is 32.1 Å². The Balaban J connectivity index is 2.32. The summed E-state index contributed by atoms with van der Waals surface area (Å²) in [6.07, 6.45) is 7.60. The number of aryl methyl sites for hydroxylation is 1. The van der Waals surface area contributed by atoms with Crippen LogP contribution in [0.3, 0.4) is 0 Å². The fourth-order valence-corrected chi connectivity index (χ4v) is 1.61. The van der Waals surface area contributed by atoms with E-state index >= 15 is 0 Å². The van der Waals surface area contributed by atoms with E-state index in [1.807, 2.05) is 18.2 Å². The lowest BCUT2D eigenvalue weighted by atomic mass is 10.0. The Hall–Kier alpha value is -1.57. The Labute approximate surface area is 96.6 Å². The van der Waals surface area contributed by atoms with E-state index in [0.29, 0.717) is 5.56 Å². The van der Waals surface area contributed by atoms with Gasteiger partial charge in [-0.2, -0.15) is 0 Å². The number of rotatable bonds is 7. The Kier molecular flexibility index (Phi) is 5.34. The summed E-state index contributed by atoms with van der Waals surface area (Å²) in [5.41, 5.74) is 1.57. The van der Waals surface area contributed by atoms with Crippen molar-refractivity contribution in [2.24, 2.45) is 0 Å². The summed E-state index contributed by atoms with van der Waals surface area (Å²) in [6.45, 7) is 3.69. The zero-order valence-corrected chi connectivity index (χ0v) is 9.48. The second-order valence-corrected chi connectivity index (χ2v) is 3.89. The molecule has 0 atom stereocenters. The van der Waals surface area contributed by atoms with E-state index in [1.165, 1.54) is 18.4 Å². The number of allylic oxidation sites excluding steroid dienone is 1. The molecule has 0 aromatic heterocycles. The Bertz CT molecular complexity index is 338. The van der Waals surface area contributed by atoms with Gasteiger partial charge in [-0.15, -0.1) is 6.58 Å². The first-order valence-electron chi connectivity index (χ1n) is 5.67. The molecule has 0 saturated heterocycles. The van der Waals surface area contributed by atoms with Gasteiger partial charge in [0.05, 0.1) is 5.56 Å². The molecule has 0 spiro atoms. The van der Waals surface area contributed by atoms with Crippen molar-refractivity contribution in [1.82, 2.24) is 0 Å². The number of carbonyl (C=O) groups is 1. The lowest BCUT2D eigenvalue weighted by Crippen LogP contribution is -1.96. The van der Waals surface area contributed by atoms with E-state index in [-0.39, 0.29) is 0 Å². The van der Waals surface area contributed by atoms with Crippen LogP contribution in [-0.4, -0.2) is 11.1 Å². The molecule has 2 nitrogen and oxygen atoms in total. The largest absolute Gasteiger partial charge is 0.478 e. The highest BCUT2D eigenvalue weighted by Crippen LogP contribution is 2.09. The molecule has 0 fully saturated rings. The summed E-state index contributed by atoms with van der Waals surface area (Å²) in [5, 5.41) is 8.74. The summed E-state index contributed by atoms with van der Waals surface area (Å²) in [7, 11) is 0. The summed E-state index contributed by atoms with van der Waals surface area (Å²) in [6, 6.07) is 7.14. The van der Waals surface area contributed by atoms with Crippen LogP contribution in [0.25, 0.3) is 0 Å². The molecule has 0 aliphatic rings. The molecule has 0 aliphatic carbocycles. The SMILES string of the molecule is C=CCCCCCc1ccc(C(=O)O)cc1. The Morgan fingerprint density at radius 1 is 1.19 bits per heavy atom. The van der Waals surface area contributed by atoms with Crippen LogP contribution in [-0.2, 0) is 6.42 Å². The third kappa shape index (κ3) is 4.30. The van der Waals surface area contributed by atoms with Crippen molar-refractivity contribution in [3.63, 3.8) is 0 Å². The predicted molar refractivity (Wildman–Crippen MR) is 65.8 cm³/mol. The van der Waals surface area contributed by atoms with Crippen LogP contribution >= 0.6 is 0 Å². The number of aromatic carboxylic acids is 1. The van der Waals surface area contributed by atoms with Gasteiger partial charge in [0.25, 0.3) is 0 Å². The van der Waals surface area contributed by atoms with Gasteiger partial charge in [0.2, 0.25) is 0 Å². The standard InChI is InChI=1S/C14H18O2/c1-2-3-4-5-6-7-12-8-10-13(11-9-12)14(15)16/h2,8-11H,1,3-7H2,(H,15,16). The molecule has 0 aliphatic heterocycles. The van der Waals surface area contributed by atoms with E-state index in [0.717, 1.165) is 19.3 Å². The van der Waals surface area contributed by atoms with Gasteiger partial charge >= 0.3 is 5.97 Å². The molecule has 1 aromatic carbocycles. The monoisotopic (exact) mass is 218 g/mol. The van der Waals surface area contributed by atoms with Crippen molar-refractivity contribution < 1.29 is 9.90 Å². The lowest BCUT2D eigenvalue weighted by Gasteiger charge is -2.01. The summed E-state index contributed by atoms with van der Waals surface area (Å²) in [5.74, 6) is -0.863. The van der Waals surface area contributed by atoms with Crippen molar-refractivity contribution in [3.05, 3.63) is 48.0 Å². The van der Waals surface area contributed by atoms with Crippen LogP contribution in [0.2, 0.25) is 0 Å². The van der Waals surface area contributed by atoms with Crippen LogP contribution in [0.15, 0.2) is 36.9 Å². The summed E-state index contributed by atoms with van der Waals surface area (Å²) < 4.78 is 0. The van der Waals surface area contributed by atoms with Crippen molar-refractivity contribution in [2.75, 3.05) is 0 Å². The van der Waals surface area contributed by atoms with E-state index in [4.69, 9.17) is 5.11 Å². The predicted octanol–water partition coefficient (Wildman–Crippen LogP) is 3.67. The van der Waals surface area contributed by atoms with Crippen LogP contribution in [0.4, 0.5) is 0 Å². The lowest BCUT2D eigenvalue weighted by molar-refractivity contribution is 0.0697. The van der Waals surface area contributed by atoms with Gasteiger partial charge in [0, 0.05) is 0 Å². The van der Waals surface area contributed by atoms with Gasteiger partial charge in [-0.05, 0) is 43.4 Å². The average molecular weight is 218 g/mol. The number of hydrogen-bond acceptors (Lipinski definition) is 1. The van der Waals surface area contributed by atoms with Gasteiger partial charge < -0.3 is 5.11 Å². The molecule has 1 aromatic rings. The Morgan fingerprint density at radius 2 is 1.88 bits per heavy atom. The van der Waals surface area contributed by atoms with Crippen LogP contribution in [0.1, 0.15) is 41.6 Å². The fourth-order valence-electron chi connectivity index (χ4n) is 1.61. The maximum atomic E-state index is 10.6. The number of benzene rings is 1. The molecule has 16 heavy (non-hydrogen) atoms. The fraction of sp³-hybridized carbons (Fsp3) is 0.357. The maximum absolute atomic E-state index is 10.6. The minimum absolute atomic E-state index is 0.357. The smallest absolute Gasteiger partial charge is 0.335 e. The average Bonchev–Trinajstić information content (AvgIpc) is 2.29. The second kappa shape index (κ2) is 6.83. The molecule has 0 bridgehead atoms. The molecule has 0 unspecified atom stereocenters. The Morgan fingerprint density at radius 3 is 2.44 bits per heavy atom. The van der Waals surface area contributed by atoms with Crippen molar-refractivity contribution >= 4 is 5.97 Å². The minimum atomic E-state index is -0.863. The molecule has 86 valence electrons. The maximum Gasteiger partial charge on any atom is 0.335 e. The van der Waals surface area contributed by atoms with Gasteiger partial charge in [-0.1, -0.05) is 24.6 Å². The minimum Gasteiger partial charge on any atom is -0.478 e. The van der Waals surface area contributed by atoms with Crippen molar-refractivity contribution in [1.29, 1.82) is 0 Å². The molecule has 2 heteroatoms. The first-order chi connectivity index (χ1) is 7.74. The summed E-state index contributed by atoms with van der Waals surface area (Å²) >= 11 is 0. The molecule has 1 rings (SSSR count). The summed E-state index contributed by atoms with van der Waals surface area (Å²) in [4.78, 5) is 10.6. The number of carboxylic acids is 1. The third-order valence-corrected chi connectivity index (χ3v) is 2.57. The highest BCUT2D eigenvalue weighted by Gasteiger charge is 2.01. The third-order valence-electron chi connectivity index (χ3n) is 2.57. The topological polar surface area (TPSA) is 37.3 Å². The first kappa shape index (κ1) is 12.5. The van der Waals surface area contributed by atoms with Crippen LogP contribution in [0, 0.1) is 0 Å². The molecule has 0 amide bonds. The molecule has 0 radical (unpaired) electrons. The second-order valence-electron chi connectivity index (χ2n) is 3.89. The van der Waals surface area contributed by atoms with E-state index in [2.05, 4.69) is 6.58 Å². The zero-order chi connectivity index (χ0) is 11.8. The normalized spacial score (nSPS) is 10.0.